The number of rotatable bonds is 5. The number of thioether (sulfide) groups is 1. The molecular formula is C11H18F3NOS. The SMILES string of the molecule is C[C@@H](SCC1CCCC1)C(=O)NCC(F)(F)F. The topological polar surface area (TPSA) is 29.1 Å². The molecule has 1 N–H and O–H groups in total. The second-order valence-corrected chi connectivity index (χ2v) is 5.83. The molecule has 0 aromatic carbocycles. The quantitative estimate of drug-likeness (QED) is 0.831. The summed E-state index contributed by atoms with van der Waals surface area (Å²) >= 11 is 1.45. The summed E-state index contributed by atoms with van der Waals surface area (Å²) in [4.78, 5) is 11.4. The van der Waals surface area contributed by atoms with Crippen molar-refractivity contribution in [2.75, 3.05) is 12.3 Å². The van der Waals surface area contributed by atoms with E-state index in [2.05, 4.69) is 0 Å². The Morgan fingerprint density at radius 1 is 1.41 bits per heavy atom. The van der Waals surface area contributed by atoms with Crippen LogP contribution in [0.25, 0.3) is 0 Å². The fourth-order valence-electron chi connectivity index (χ4n) is 1.86. The van der Waals surface area contributed by atoms with Crippen LogP contribution in [0.15, 0.2) is 0 Å². The van der Waals surface area contributed by atoms with E-state index >= 15 is 0 Å². The van der Waals surface area contributed by atoms with Gasteiger partial charge in [-0.2, -0.15) is 13.2 Å². The summed E-state index contributed by atoms with van der Waals surface area (Å²) < 4.78 is 35.7. The molecule has 0 aromatic heterocycles. The van der Waals surface area contributed by atoms with Crippen LogP contribution >= 0.6 is 11.8 Å². The fraction of sp³-hybridized carbons (Fsp3) is 0.909. The minimum absolute atomic E-state index is 0.405. The van der Waals surface area contributed by atoms with Crippen molar-refractivity contribution in [1.82, 2.24) is 5.32 Å². The molecule has 2 nitrogen and oxygen atoms in total. The van der Waals surface area contributed by atoms with Gasteiger partial charge in [-0.1, -0.05) is 12.8 Å². The molecule has 0 saturated heterocycles. The lowest BCUT2D eigenvalue weighted by molar-refractivity contribution is -0.137. The van der Waals surface area contributed by atoms with Gasteiger partial charge >= 0.3 is 6.18 Å². The zero-order valence-electron chi connectivity index (χ0n) is 9.85. The Morgan fingerprint density at radius 2 is 2.00 bits per heavy atom. The van der Waals surface area contributed by atoms with Crippen molar-refractivity contribution in [2.24, 2.45) is 5.92 Å². The summed E-state index contributed by atoms with van der Waals surface area (Å²) in [7, 11) is 0. The van der Waals surface area contributed by atoms with E-state index in [-0.39, 0.29) is 0 Å². The molecule has 0 aliphatic heterocycles. The first-order chi connectivity index (χ1) is 7.88. The number of hydrogen-bond acceptors (Lipinski definition) is 2. The lowest BCUT2D eigenvalue weighted by Gasteiger charge is -2.15. The lowest BCUT2D eigenvalue weighted by atomic mass is 10.1. The Morgan fingerprint density at radius 3 is 2.53 bits per heavy atom. The van der Waals surface area contributed by atoms with Crippen LogP contribution in [-0.2, 0) is 4.79 Å². The molecule has 1 amide bonds. The third-order valence-corrected chi connectivity index (χ3v) is 4.27. The molecule has 0 aromatic rings. The number of alkyl halides is 3. The summed E-state index contributed by atoms with van der Waals surface area (Å²) in [6.07, 6.45) is 0.513. The van der Waals surface area contributed by atoms with Gasteiger partial charge in [0, 0.05) is 0 Å². The smallest absolute Gasteiger partial charge is 0.346 e. The first-order valence-electron chi connectivity index (χ1n) is 5.84. The molecule has 1 rings (SSSR count). The molecule has 17 heavy (non-hydrogen) atoms. The van der Waals surface area contributed by atoms with Crippen molar-refractivity contribution in [3.8, 4) is 0 Å². The summed E-state index contributed by atoms with van der Waals surface area (Å²) in [5, 5.41) is 1.51. The van der Waals surface area contributed by atoms with Crippen molar-refractivity contribution in [1.29, 1.82) is 0 Å². The first-order valence-corrected chi connectivity index (χ1v) is 6.89. The molecule has 1 fully saturated rings. The Bertz CT molecular complexity index is 252. The number of nitrogens with one attached hydrogen (secondary N) is 1. The molecular weight excluding hydrogens is 251 g/mol. The van der Waals surface area contributed by atoms with Gasteiger partial charge in [0.15, 0.2) is 0 Å². The molecule has 1 aliphatic carbocycles. The van der Waals surface area contributed by atoms with Crippen molar-refractivity contribution >= 4 is 17.7 Å². The first kappa shape index (κ1) is 14.7. The zero-order chi connectivity index (χ0) is 12.9. The summed E-state index contributed by atoms with van der Waals surface area (Å²) in [5.41, 5.74) is 0. The minimum Gasteiger partial charge on any atom is -0.346 e. The minimum atomic E-state index is -4.33. The molecule has 0 unspecified atom stereocenters. The molecule has 100 valence electrons. The standard InChI is InChI=1S/C11H18F3NOS/c1-8(10(16)15-7-11(12,13)14)17-6-9-4-2-3-5-9/h8-9H,2-7H2,1H3,(H,15,16)/t8-/m1/s1. The molecule has 0 spiro atoms. The maximum absolute atomic E-state index is 11.9. The Balaban J connectivity index is 2.17. The van der Waals surface area contributed by atoms with Crippen molar-refractivity contribution < 1.29 is 18.0 Å². The Kier molecular flexibility index (Phi) is 5.62. The Labute approximate surface area is 104 Å². The maximum atomic E-state index is 11.9. The zero-order valence-corrected chi connectivity index (χ0v) is 10.7. The average molecular weight is 269 g/mol. The van der Waals surface area contributed by atoms with E-state index < -0.39 is 23.9 Å². The van der Waals surface area contributed by atoms with Crippen molar-refractivity contribution in [3.63, 3.8) is 0 Å². The number of amides is 1. The van der Waals surface area contributed by atoms with Gasteiger partial charge in [-0.05, 0) is 31.4 Å². The predicted molar refractivity (Wildman–Crippen MR) is 62.9 cm³/mol. The van der Waals surface area contributed by atoms with Gasteiger partial charge in [-0.25, -0.2) is 0 Å². The van der Waals surface area contributed by atoms with E-state index in [1.807, 2.05) is 5.32 Å². The van der Waals surface area contributed by atoms with Crippen LogP contribution in [0.3, 0.4) is 0 Å². The van der Waals surface area contributed by atoms with Crippen LogP contribution in [0, 0.1) is 5.92 Å². The van der Waals surface area contributed by atoms with Crippen LogP contribution in [-0.4, -0.2) is 29.6 Å². The molecule has 1 aliphatic rings. The molecule has 1 atom stereocenters. The summed E-state index contributed by atoms with van der Waals surface area (Å²) in [5.74, 6) is 0.990. The van der Waals surface area contributed by atoms with Crippen molar-refractivity contribution in [2.45, 2.75) is 44.0 Å². The van der Waals surface area contributed by atoms with Gasteiger partial charge in [0.1, 0.15) is 6.54 Å². The molecule has 6 heteroatoms. The molecule has 0 radical (unpaired) electrons. The monoisotopic (exact) mass is 269 g/mol. The van der Waals surface area contributed by atoms with E-state index in [1.165, 1.54) is 37.4 Å². The highest BCUT2D eigenvalue weighted by Gasteiger charge is 2.29. The summed E-state index contributed by atoms with van der Waals surface area (Å²) in [6.45, 7) is 0.422. The third kappa shape index (κ3) is 6.19. The van der Waals surface area contributed by atoms with Gasteiger partial charge in [-0.3, -0.25) is 4.79 Å². The number of hydrogen-bond donors (Lipinski definition) is 1. The molecule has 0 heterocycles. The fourth-order valence-corrected chi connectivity index (χ4v) is 2.99. The third-order valence-electron chi connectivity index (χ3n) is 2.89. The lowest BCUT2D eigenvalue weighted by Crippen LogP contribution is -2.38. The van der Waals surface area contributed by atoms with Gasteiger partial charge in [0.05, 0.1) is 5.25 Å². The largest absolute Gasteiger partial charge is 0.405 e. The van der Waals surface area contributed by atoms with Crippen LogP contribution < -0.4 is 5.32 Å². The Hall–Kier alpha value is -0.390. The van der Waals surface area contributed by atoms with Gasteiger partial charge < -0.3 is 5.32 Å². The second-order valence-electron chi connectivity index (χ2n) is 4.46. The van der Waals surface area contributed by atoms with Crippen LogP contribution in [0.5, 0.6) is 0 Å². The average Bonchev–Trinajstić information content (AvgIpc) is 2.74. The van der Waals surface area contributed by atoms with E-state index in [0.717, 1.165) is 5.75 Å². The normalized spacial score (nSPS) is 19.3. The molecule has 1 saturated carbocycles. The van der Waals surface area contributed by atoms with Gasteiger partial charge in [-0.15, -0.1) is 11.8 Å². The van der Waals surface area contributed by atoms with Crippen LogP contribution in [0.2, 0.25) is 0 Å². The van der Waals surface area contributed by atoms with E-state index in [1.54, 1.807) is 6.92 Å². The number of halogens is 3. The second kappa shape index (κ2) is 6.52. The van der Waals surface area contributed by atoms with E-state index in [4.69, 9.17) is 0 Å². The van der Waals surface area contributed by atoms with Crippen LogP contribution in [0.1, 0.15) is 32.6 Å². The number of carbonyl (C=O) groups excluding carboxylic acids is 1. The number of carbonyl (C=O) groups is 1. The summed E-state index contributed by atoms with van der Waals surface area (Å²) in [6, 6.07) is 0. The van der Waals surface area contributed by atoms with Gasteiger partial charge in [0.25, 0.3) is 0 Å². The maximum Gasteiger partial charge on any atom is 0.405 e. The van der Waals surface area contributed by atoms with E-state index in [9.17, 15) is 18.0 Å². The van der Waals surface area contributed by atoms with Crippen molar-refractivity contribution in [3.05, 3.63) is 0 Å². The van der Waals surface area contributed by atoms with E-state index in [0.29, 0.717) is 5.92 Å². The highest BCUT2D eigenvalue weighted by Crippen LogP contribution is 2.29. The highest BCUT2D eigenvalue weighted by molar-refractivity contribution is 8.00. The molecule has 0 bridgehead atoms. The predicted octanol–water partition coefficient (Wildman–Crippen LogP) is 2.98. The van der Waals surface area contributed by atoms with Gasteiger partial charge in [0.2, 0.25) is 5.91 Å². The van der Waals surface area contributed by atoms with Crippen LogP contribution in [0.4, 0.5) is 13.2 Å². The highest BCUT2D eigenvalue weighted by atomic mass is 32.2.